The van der Waals surface area contributed by atoms with Crippen LogP contribution in [0.5, 0.6) is 0 Å². The molecule has 0 atom stereocenters. The third kappa shape index (κ3) is 2.74. The number of benzene rings is 1. The van der Waals surface area contributed by atoms with Crippen molar-refractivity contribution in [1.82, 2.24) is 0 Å². The van der Waals surface area contributed by atoms with Crippen molar-refractivity contribution in [2.75, 3.05) is 10.6 Å². The molecule has 1 aliphatic rings. The lowest BCUT2D eigenvalue weighted by Gasteiger charge is -2.17. The second-order valence-electron chi connectivity index (χ2n) is 4.48. The molecule has 5 heteroatoms. The van der Waals surface area contributed by atoms with Crippen molar-refractivity contribution in [1.29, 1.82) is 0 Å². The van der Waals surface area contributed by atoms with Crippen LogP contribution in [-0.2, 0) is 17.8 Å². The minimum Gasteiger partial charge on any atom is -0.448 e. The molecule has 2 heterocycles. The molecule has 0 bridgehead atoms. The van der Waals surface area contributed by atoms with E-state index in [-0.39, 0.29) is 5.91 Å². The van der Waals surface area contributed by atoms with E-state index in [9.17, 15) is 4.79 Å². The van der Waals surface area contributed by atoms with Gasteiger partial charge in [-0.3, -0.25) is 4.79 Å². The molecule has 0 aliphatic carbocycles. The number of nitrogens with one attached hydrogen (secondary N) is 2. The number of hydrogen-bond donors (Lipinski definition) is 2. The summed E-state index contributed by atoms with van der Waals surface area (Å²) in [6.45, 7) is 0.581. The maximum atomic E-state index is 11.3. The molecule has 1 aliphatic heterocycles. The maximum Gasteiger partial charge on any atom is 0.224 e. The third-order valence-electron chi connectivity index (χ3n) is 3.10. The fraction of sp³-hybridized carbons (Fsp3) is 0.214. The van der Waals surface area contributed by atoms with Crippen LogP contribution in [0.2, 0.25) is 5.22 Å². The molecular formula is C14H13ClN2O2. The summed E-state index contributed by atoms with van der Waals surface area (Å²) >= 11 is 5.72. The fourth-order valence-electron chi connectivity index (χ4n) is 2.13. The number of halogens is 1. The lowest BCUT2D eigenvalue weighted by Crippen LogP contribution is -2.18. The van der Waals surface area contributed by atoms with Gasteiger partial charge in [0.2, 0.25) is 5.91 Å². The van der Waals surface area contributed by atoms with Gasteiger partial charge in [-0.05, 0) is 53.9 Å². The molecule has 1 amide bonds. The van der Waals surface area contributed by atoms with Crippen LogP contribution < -0.4 is 10.6 Å². The predicted octanol–water partition coefficient (Wildman–Crippen LogP) is 3.43. The Bertz CT molecular complexity index is 622. The first-order chi connectivity index (χ1) is 9.20. The number of furan rings is 1. The van der Waals surface area contributed by atoms with Crippen molar-refractivity contribution < 1.29 is 9.21 Å². The molecule has 3 rings (SSSR count). The number of amides is 1. The Hall–Kier alpha value is -1.94. The van der Waals surface area contributed by atoms with Crippen molar-refractivity contribution in [2.45, 2.75) is 19.4 Å². The highest BCUT2D eigenvalue weighted by atomic mass is 35.5. The highest BCUT2D eigenvalue weighted by molar-refractivity contribution is 6.28. The van der Waals surface area contributed by atoms with Gasteiger partial charge in [0.15, 0.2) is 5.22 Å². The van der Waals surface area contributed by atoms with E-state index in [0.29, 0.717) is 18.2 Å². The first-order valence-corrected chi connectivity index (χ1v) is 6.49. The van der Waals surface area contributed by atoms with Gasteiger partial charge in [-0.15, -0.1) is 0 Å². The van der Waals surface area contributed by atoms with Crippen LogP contribution in [0.3, 0.4) is 0 Å². The van der Waals surface area contributed by atoms with Gasteiger partial charge in [0, 0.05) is 17.8 Å². The molecule has 4 nitrogen and oxygen atoms in total. The summed E-state index contributed by atoms with van der Waals surface area (Å²) in [5.74, 6) is 0.870. The second kappa shape index (κ2) is 4.97. The van der Waals surface area contributed by atoms with Crippen molar-refractivity contribution in [2.24, 2.45) is 0 Å². The molecule has 1 aromatic carbocycles. The summed E-state index contributed by atoms with van der Waals surface area (Å²) in [4.78, 5) is 11.3. The van der Waals surface area contributed by atoms with Gasteiger partial charge in [-0.2, -0.15) is 0 Å². The zero-order valence-electron chi connectivity index (χ0n) is 10.2. The molecule has 0 saturated heterocycles. The van der Waals surface area contributed by atoms with Gasteiger partial charge < -0.3 is 15.1 Å². The zero-order chi connectivity index (χ0) is 13.2. The fourth-order valence-corrected chi connectivity index (χ4v) is 2.29. The Balaban J connectivity index is 1.70. The number of aryl methyl sites for hydroxylation is 1. The second-order valence-corrected chi connectivity index (χ2v) is 4.85. The van der Waals surface area contributed by atoms with Gasteiger partial charge in [0.25, 0.3) is 0 Å². The number of fused-ring (bicyclic) bond motifs is 1. The highest BCUT2D eigenvalue weighted by Crippen LogP contribution is 2.26. The quantitative estimate of drug-likeness (QED) is 0.903. The van der Waals surface area contributed by atoms with Crippen LogP contribution >= 0.6 is 11.6 Å². The summed E-state index contributed by atoms with van der Waals surface area (Å²) in [6, 6.07) is 9.48. The standard InChI is InChI=1S/C14H13ClN2O2/c15-13-5-3-11(19-13)8-16-10-2-4-12-9(7-10)1-6-14(18)17-12/h2-5,7,16H,1,6,8H2,(H,17,18). The number of anilines is 2. The van der Waals surface area contributed by atoms with Crippen LogP contribution in [0, 0.1) is 0 Å². The average molecular weight is 277 g/mol. The van der Waals surface area contributed by atoms with Crippen LogP contribution in [0.4, 0.5) is 11.4 Å². The lowest BCUT2D eigenvalue weighted by atomic mass is 10.0. The van der Waals surface area contributed by atoms with Gasteiger partial charge in [-0.25, -0.2) is 0 Å². The Morgan fingerprint density at radius 2 is 2.16 bits per heavy atom. The van der Waals surface area contributed by atoms with E-state index in [1.165, 1.54) is 0 Å². The first-order valence-electron chi connectivity index (χ1n) is 6.11. The Labute approximate surface area is 115 Å². The van der Waals surface area contributed by atoms with Crippen LogP contribution in [0.25, 0.3) is 0 Å². The Morgan fingerprint density at radius 1 is 1.26 bits per heavy atom. The summed E-state index contributed by atoms with van der Waals surface area (Å²) in [5, 5.41) is 6.53. The summed E-state index contributed by atoms with van der Waals surface area (Å²) < 4.78 is 5.28. The van der Waals surface area contributed by atoms with Crippen LogP contribution in [0.1, 0.15) is 17.7 Å². The summed E-state index contributed by atoms with van der Waals surface area (Å²) in [5.41, 5.74) is 3.06. The molecule has 19 heavy (non-hydrogen) atoms. The molecule has 0 spiro atoms. The lowest BCUT2D eigenvalue weighted by molar-refractivity contribution is -0.116. The third-order valence-corrected chi connectivity index (χ3v) is 3.30. The Kier molecular flexibility index (Phi) is 3.17. The molecule has 2 aromatic rings. The van der Waals surface area contributed by atoms with Crippen LogP contribution in [0.15, 0.2) is 34.7 Å². The van der Waals surface area contributed by atoms with E-state index in [2.05, 4.69) is 16.7 Å². The van der Waals surface area contributed by atoms with Crippen molar-refractivity contribution in [3.63, 3.8) is 0 Å². The number of carbonyl (C=O) groups is 1. The number of hydrogen-bond acceptors (Lipinski definition) is 3. The normalized spacial score (nSPS) is 13.8. The number of rotatable bonds is 3. The molecule has 0 unspecified atom stereocenters. The van der Waals surface area contributed by atoms with Gasteiger partial charge in [-0.1, -0.05) is 0 Å². The maximum absolute atomic E-state index is 11.3. The van der Waals surface area contributed by atoms with Gasteiger partial charge in [0.1, 0.15) is 5.76 Å². The van der Waals surface area contributed by atoms with Crippen molar-refractivity contribution >= 4 is 28.9 Å². The minimum absolute atomic E-state index is 0.0819. The molecule has 0 saturated carbocycles. The van der Waals surface area contributed by atoms with E-state index in [1.807, 2.05) is 18.2 Å². The van der Waals surface area contributed by atoms with E-state index < -0.39 is 0 Å². The van der Waals surface area contributed by atoms with E-state index in [0.717, 1.165) is 29.1 Å². The highest BCUT2D eigenvalue weighted by Gasteiger charge is 2.14. The van der Waals surface area contributed by atoms with Gasteiger partial charge >= 0.3 is 0 Å². The van der Waals surface area contributed by atoms with E-state index >= 15 is 0 Å². The molecule has 2 N–H and O–H groups in total. The zero-order valence-corrected chi connectivity index (χ0v) is 11.0. The van der Waals surface area contributed by atoms with Crippen molar-refractivity contribution in [3.05, 3.63) is 46.9 Å². The van der Waals surface area contributed by atoms with E-state index in [4.69, 9.17) is 16.0 Å². The van der Waals surface area contributed by atoms with Crippen LogP contribution in [-0.4, -0.2) is 5.91 Å². The summed E-state index contributed by atoms with van der Waals surface area (Å²) in [6.07, 6.45) is 1.33. The molecule has 98 valence electrons. The Morgan fingerprint density at radius 3 is 2.95 bits per heavy atom. The first kappa shape index (κ1) is 12.1. The number of carbonyl (C=O) groups excluding carboxylic acids is 1. The molecule has 1 aromatic heterocycles. The molecular weight excluding hydrogens is 264 g/mol. The molecule has 0 fully saturated rings. The minimum atomic E-state index is 0.0819. The SMILES string of the molecule is O=C1CCc2cc(NCc3ccc(Cl)o3)ccc2N1. The predicted molar refractivity (Wildman–Crippen MR) is 74.4 cm³/mol. The molecule has 0 radical (unpaired) electrons. The smallest absolute Gasteiger partial charge is 0.224 e. The van der Waals surface area contributed by atoms with Crippen molar-refractivity contribution in [3.8, 4) is 0 Å². The van der Waals surface area contributed by atoms with E-state index in [1.54, 1.807) is 6.07 Å². The average Bonchev–Trinajstić information content (AvgIpc) is 2.82. The topological polar surface area (TPSA) is 54.3 Å². The monoisotopic (exact) mass is 276 g/mol. The largest absolute Gasteiger partial charge is 0.448 e. The van der Waals surface area contributed by atoms with Gasteiger partial charge in [0.05, 0.1) is 6.54 Å². The summed E-state index contributed by atoms with van der Waals surface area (Å²) in [7, 11) is 0.